The number of hydrogen-bond donors (Lipinski definition) is 0. The second-order valence-electron chi connectivity index (χ2n) is 6.35. The number of piperidine rings is 1. The summed E-state index contributed by atoms with van der Waals surface area (Å²) in [7, 11) is 0. The quantitative estimate of drug-likeness (QED) is 0.839. The minimum absolute atomic E-state index is 0.282. The van der Waals surface area contributed by atoms with Crippen LogP contribution in [0.1, 0.15) is 43.8 Å². The van der Waals surface area contributed by atoms with Gasteiger partial charge in [-0.15, -0.1) is 0 Å². The normalized spacial score (nSPS) is 23.1. The summed E-state index contributed by atoms with van der Waals surface area (Å²) in [5.41, 5.74) is 0. The maximum absolute atomic E-state index is 12.1. The Morgan fingerprint density at radius 1 is 1.38 bits per heavy atom. The van der Waals surface area contributed by atoms with Gasteiger partial charge in [-0.2, -0.15) is 11.8 Å². The summed E-state index contributed by atoms with van der Waals surface area (Å²) in [5, 5.41) is 0. The molecule has 0 spiro atoms. The van der Waals surface area contributed by atoms with Crippen LogP contribution in [0.5, 0.6) is 0 Å². The Balaban J connectivity index is 1.65. The minimum Gasteiger partial charge on any atom is -0.341 e. The number of amides is 1. The average molecular weight is 307 g/mol. The topological polar surface area (TPSA) is 38.1 Å². The molecule has 0 bridgehead atoms. The molecule has 2 aliphatic rings. The molecule has 1 saturated heterocycles. The van der Waals surface area contributed by atoms with Crippen molar-refractivity contribution in [3.8, 4) is 0 Å². The van der Waals surface area contributed by atoms with E-state index in [0.29, 0.717) is 11.7 Å². The summed E-state index contributed by atoms with van der Waals surface area (Å²) in [6.07, 6.45) is 12.4. The average Bonchev–Trinajstić information content (AvgIpc) is 2.91. The molecule has 3 rings (SSSR count). The first-order valence-electron chi connectivity index (χ1n) is 8.05. The number of hydrogen-bond acceptors (Lipinski definition) is 3. The number of carbonyl (C=O) groups excluding carboxylic acids is 1. The van der Waals surface area contributed by atoms with E-state index in [-0.39, 0.29) is 5.91 Å². The molecule has 0 aromatic carbocycles. The van der Waals surface area contributed by atoms with E-state index >= 15 is 0 Å². The van der Waals surface area contributed by atoms with Gasteiger partial charge in [0.15, 0.2) is 0 Å². The van der Waals surface area contributed by atoms with E-state index in [9.17, 15) is 4.79 Å². The molecule has 2 heterocycles. The van der Waals surface area contributed by atoms with Crippen molar-refractivity contribution in [3.63, 3.8) is 0 Å². The Kier molecular flexibility index (Phi) is 4.88. The highest BCUT2D eigenvalue weighted by Gasteiger charge is 2.28. The van der Waals surface area contributed by atoms with Crippen LogP contribution in [0.3, 0.4) is 0 Å². The number of likely N-dealkylation sites (tertiary alicyclic amines) is 1. The van der Waals surface area contributed by atoms with Crippen LogP contribution in [0.15, 0.2) is 12.4 Å². The van der Waals surface area contributed by atoms with Crippen molar-refractivity contribution >= 4 is 17.7 Å². The molecule has 4 nitrogen and oxygen atoms in total. The summed E-state index contributed by atoms with van der Waals surface area (Å²) >= 11 is 1.61. The molecule has 0 radical (unpaired) electrons. The van der Waals surface area contributed by atoms with Crippen molar-refractivity contribution in [1.29, 1.82) is 0 Å². The second-order valence-corrected chi connectivity index (χ2v) is 7.21. The summed E-state index contributed by atoms with van der Waals surface area (Å²) in [5.74, 6) is 3.34. The molecule has 1 saturated carbocycles. The van der Waals surface area contributed by atoms with Crippen LogP contribution < -0.4 is 0 Å². The van der Waals surface area contributed by atoms with Crippen molar-refractivity contribution in [2.75, 3.05) is 25.1 Å². The fourth-order valence-corrected chi connectivity index (χ4v) is 3.85. The van der Waals surface area contributed by atoms with Gasteiger partial charge in [0, 0.05) is 37.9 Å². The lowest BCUT2D eigenvalue weighted by Crippen LogP contribution is -2.40. The van der Waals surface area contributed by atoms with Crippen molar-refractivity contribution in [2.45, 2.75) is 44.6 Å². The van der Waals surface area contributed by atoms with E-state index in [2.05, 4.69) is 15.7 Å². The Morgan fingerprint density at radius 3 is 2.95 bits per heavy atom. The highest BCUT2D eigenvalue weighted by molar-refractivity contribution is 7.99. The van der Waals surface area contributed by atoms with Gasteiger partial charge < -0.3 is 9.47 Å². The van der Waals surface area contributed by atoms with Gasteiger partial charge >= 0.3 is 0 Å². The molecule has 1 amide bonds. The highest BCUT2D eigenvalue weighted by Crippen LogP contribution is 2.31. The molecule has 1 aromatic heterocycles. The van der Waals surface area contributed by atoms with Crippen molar-refractivity contribution in [1.82, 2.24) is 14.5 Å². The zero-order valence-electron chi connectivity index (χ0n) is 12.8. The number of nitrogens with zero attached hydrogens (tertiary/aromatic N) is 3. The Bertz CT molecular complexity index is 484. The van der Waals surface area contributed by atoms with Gasteiger partial charge in [0.05, 0.1) is 5.75 Å². The number of carbonyl (C=O) groups is 1. The van der Waals surface area contributed by atoms with Gasteiger partial charge in [-0.1, -0.05) is 6.42 Å². The number of aromatic nitrogens is 2. The predicted octanol–water partition coefficient (Wildman–Crippen LogP) is 2.75. The first-order chi connectivity index (χ1) is 10.3. The van der Waals surface area contributed by atoms with E-state index in [1.54, 1.807) is 11.8 Å². The molecule has 0 unspecified atom stereocenters. The molecule has 5 heteroatoms. The van der Waals surface area contributed by atoms with Crippen LogP contribution in [0.25, 0.3) is 0 Å². The van der Waals surface area contributed by atoms with Gasteiger partial charge in [-0.25, -0.2) is 4.98 Å². The van der Waals surface area contributed by atoms with E-state index < -0.39 is 0 Å². The number of imidazole rings is 1. The lowest BCUT2D eigenvalue weighted by molar-refractivity contribution is -0.129. The molecule has 1 aromatic rings. The lowest BCUT2D eigenvalue weighted by Gasteiger charge is -2.33. The zero-order chi connectivity index (χ0) is 14.7. The largest absolute Gasteiger partial charge is 0.341 e. The lowest BCUT2D eigenvalue weighted by atomic mass is 9.85. The molecule has 21 heavy (non-hydrogen) atoms. The summed E-state index contributed by atoms with van der Waals surface area (Å²) in [6, 6.07) is 0. The minimum atomic E-state index is 0.282. The number of rotatable bonds is 5. The zero-order valence-corrected chi connectivity index (χ0v) is 13.6. The third kappa shape index (κ3) is 3.44. The summed E-state index contributed by atoms with van der Waals surface area (Å²) in [4.78, 5) is 18.8. The van der Waals surface area contributed by atoms with E-state index in [4.69, 9.17) is 0 Å². The molecule has 1 aliphatic heterocycles. The van der Waals surface area contributed by atoms with Crippen molar-refractivity contribution < 1.29 is 4.79 Å². The van der Waals surface area contributed by atoms with E-state index in [1.165, 1.54) is 25.1 Å². The standard InChI is InChI=1S/C16H25N3OS/c1-21-12-15(20)18-8-3-6-14(11-18)16-17-7-9-19(16)10-13-4-2-5-13/h7,9,13-14H,2-6,8,10-12H2,1H3/t14-/m0/s1. The molecule has 1 atom stereocenters. The predicted molar refractivity (Wildman–Crippen MR) is 86.5 cm³/mol. The molecular weight excluding hydrogens is 282 g/mol. The molecule has 116 valence electrons. The first-order valence-corrected chi connectivity index (χ1v) is 9.45. The number of thioether (sulfide) groups is 1. The molecular formula is C16H25N3OS. The smallest absolute Gasteiger partial charge is 0.232 e. The maximum atomic E-state index is 12.1. The maximum Gasteiger partial charge on any atom is 0.232 e. The molecule has 0 N–H and O–H groups in total. The Hall–Kier alpha value is -0.970. The monoisotopic (exact) mass is 307 g/mol. The van der Waals surface area contributed by atoms with Gasteiger partial charge in [0.1, 0.15) is 5.82 Å². The highest BCUT2D eigenvalue weighted by atomic mass is 32.2. The van der Waals surface area contributed by atoms with Gasteiger partial charge in [0.25, 0.3) is 0 Å². The SMILES string of the molecule is CSCC(=O)N1CCC[C@H](c2nccn2CC2CCC2)C1. The van der Waals surface area contributed by atoms with Crippen molar-refractivity contribution in [3.05, 3.63) is 18.2 Å². The summed E-state index contributed by atoms with van der Waals surface area (Å²) < 4.78 is 2.34. The first kappa shape index (κ1) is 14.9. The third-order valence-corrected chi connectivity index (χ3v) is 5.37. The van der Waals surface area contributed by atoms with Crippen LogP contribution in [0.2, 0.25) is 0 Å². The Labute approximate surface area is 131 Å². The Morgan fingerprint density at radius 2 is 2.24 bits per heavy atom. The van der Waals surface area contributed by atoms with Crippen LogP contribution in [0, 0.1) is 5.92 Å². The summed E-state index contributed by atoms with van der Waals surface area (Å²) in [6.45, 7) is 2.88. The van der Waals surface area contributed by atoms with Crippen LogP contribution in [-0.2, 0) is 11.3 Å². The van der Waals surface area contributed by atoms with E-state index in [1.807, 2.05) is 17.4 Å². The van der Waals surface area contributed by atoms with Crippen molar-refractivity contribution in [2.24, 2.45) is 5.92 Å². The van der Waals surface area contributed by atoms with Gasteiger partial charge in [-0.05, 0) is 37.9 Å². The molecule has 1 aliphatic carbocycles. The van der Waals surface area contributed by atoms with Crippen LogP contribution in [-0.4, -0.2) is 45.5 Å². The second kappa shape index (κ2) is 6.86. The van der Waals surface area contributed by atoms with E-state index in [0.717, 1.165) is 38.4 Å². The van der Waals surface area contributed by atoms with Crippen LogP contribution >= 0.6 is 11.8 Å². The van der Waals surface area contributed by atoms with Gasteiger partial charge in [-0.3, -0.25) is 4.79 Å². The van der Waals surface area contributed by atoms with Crippen LogP contribution in [0.4, 0.5) is 0 Å². The fourth-order valence-electron chi connectivity index (χ4n) is 3.42. The van der Waals surface area contributed by atoms with Gasteiger partial charge in [0.2, 0.25) is 5.91 Å². The third-order valence-electron chi connectivity index (χ3n) is 4.83. The fraction of sp³-hybridized carbons (Fsp3) is 0.750. The molecule has 2 fully saturated rings.